The van der Waals surface area contributed by atoms with E-state index in [0.29, 0.717) is 24.2 Å². The highest BCUT2D eigenvalue weighted by Crippen LogP contribution is 2.37. The van der Waals surface area contributed by atoms with Gasteiger partial charge in [0, 0.05) is 43.3 Å². The number of nitrogens with one attached hydrogen (secondary N) is 3. The van der Waals surface area contributed by atoms with E-state index in [0.717, 1.165) is 22.0 Å². The molecule has 0 radical (unpaired) electrons. The minimum absolute atomic E-state index is 0.0286. The second-order valence-electron chi connectivity index (χ2n) is 10.0. The lowest BCUT2D eigenvalue weighted by Gasteiger charge is -2.21. The van der Waals surface area contributed by atoms with E-state index < -0.39 is 31.7 Å². The summed E-state index contributed by atoms with van der Waals surface area (Å²) in [5.74, 6) is -0.212. The lowest BCUT2D eigenvalue weighted by atomic mass is 10.0. The second-order valence-corrected chi connectivity index (χ2v) is 11.2. The Bertz CT molecular complexity index is 1750. The van der Waals surface area contributed by atoms with Crippen LogP contribution in [0.1, 0.15) is 41.4 Å². The van der Waals surface area contributed by atoms with E-state index in [4.69, 9.17) is 14.3 Å². The van der Waals surface area contributed by atoms with Crippen molar-refractivity contribution in [3.8, 4) is 5.75 Å². The zero-order chi connectivity index (χ0) is 30.4. The number of benzene rings is 3. The van der Waals surface area contributed by atoms with Crippen LogP contribution in [0, 0.1) is 0 Å². The van der Waals surface area contributed by atoms with E-state index in [9.17, 15) is 14.2 Å². The first kappa shape index (κ1) is 29.7. The number of aromatic amines is 1. The number of para-hydroxylation sites is 1. The third-order valence-electron chi connectivity index (χ3n) is 6.68. The third kappa shape index (κ3) is 8.16. The van der Waals surface area contributed by atoms with Crippen LogP contribution in [-0.4, -0.2) is 42.8 Å². The van der Waals surface area contributed by atoms with Gasteiger partial charge in [0.05, 0.1) is 0 Å². The normalized spacial score (nSPS) is 12.9. The van der Waals surface area contributed by atoms with E-state index >= 15 is 0 Å². The summed E-state index contributed by atoms with van der Waals surface area (Å²) < 4.78 is 21.4. The molecule has 0 saturated heterocycles. The highest BCUT2D eigenvalue weighted by atomic mass is 31.2. The Balaban J connectivity index is 1.38. The van der Waals surface area contributed by atoms with Crippen LogP contribution in [0.3, 0.4) is 0 Å². The van der Waals surface area contributed by atoms with Gasteiger partial charge in [0.2, 0.25) is 17.7 Å². The molecule has 222 valence electrons. The van der Waals surface area contributed by atoms with Crippen molar-refractivity contribution >= 4 is 30.5 Å². The van der Waals surface area contributed by atoms with Crippen molar-refractivity contribution < 1.29 is 33.0 Å². The number of fused-ring (bicyclic) bond motifs is 1. The Morgan fingerprint density at radius 1 is 0.953 bits per heavy atom. The second kappa shape index (κ2) is 13.0. The van der Waals surface area contributed by atoms with E-state index in [1.54, 1.807) is 12.1 Å². The molecular formula is C30H30N5O7P. The minimum atomic E-state index is -4.71. The molecular weight excluding hydrogens is 573 g/mol. The van der Waals surface area contributed by atoms with Crippen molar-refractivity contribution in [2.45, 2.75) is 38.3 Å². The van der Waals surface area contributed by atoms with Crippen LogP contribution in [0.15, 0.2) is 89.6 Å². The number of rotatable bonds is 12. The number of hydrogen-bond donors (Lipinski definition) is 5. The first-order chi connectivity index (χ1) is 20.6. The monoisotopic (exact) mass is 603 g/mol. The molecule has 0 spiro atoms. The van der Waals surface area contributed by atoms with Gasteiger partial charge in [-0.3, -0.25) is 19.4 Å². The minimum Gasteiger partial charge on any atom is -0.404 e. The average molecular weight is 604 g/mol. The van der Waals surface area contributed by atoms with E-state index in [-0.39, 0.29) is 18.1 Å². The van der Waals surface area contributed by atoms with Crippen molar-refractivity contribution in [1.82, 2.24) is 25.8 Å². The maximum atomic E-state index is 13.7. The van der Waals surface area contributed by atoms with Crippen LogP contribution in [0.4, 0.5) is 0 Å². The SMILES string of the molecule is CC(=O)N[C@@H](Cc1ccc(OP(=O)(O)O)cc1)C(=O)N[C@@H](Cc1c[nH]c2ccccc12)c1nc(Cc2ccccc2)no1. The molecule has 5 aromatic rings. The summed E-state index contributed by atoms with van der Waals surface area (Å²) in [4.78, 5) is 51.6. The molecule has 0 unspecified atom stereocenters. The van der Waals surface area contributed by atoms with Gasteiger partial charge in [0.1, 0.15) is 17.8 Å². The average Bonchev–Trinajstić information content (AvgIpc) is 3.60. The summed E-state index contributed by atoms with van der Waals surface area (Å²) >= 11 is 0. The number of hydrogen-bond acceptors (Lipinski definition) is 7. The molecule has 0 aliphatic rings. The number of H-pyrrole nitrogens is 1. The van der Waals surface area contributed by atoms with Crippen LogP contribution >= 0.6 is 7.82 Å². The van der Waals surface area contributed by atoms with Gasteiger partial charge in [-0.25, -0.2) is 4.57 Å². The number of aromatic nitrogens is 3. The molecule has 0 aliphatic heterocycles. The molecule has 2 atom stereocenters. The van der Waals surface area contributed by atoms with Gasteiger partial charge >= 0.3 is 7.82 Å². The number of phosphoric acid groups is 1. The van der Waals surface area contributed by atoms with Crippen molar-refractivity contribution in [2.24, 2.45) is 0 Å². The summed E-state index contributed by atoms with van der Waals surface area (Å²) in [6.45, 7) is 1.31. The fourth-order valence-corrected chi connectivity index (χ4v) is 5.16. The third-order valence-corrected chi connectivity index (χ3v) is 7.13. The maximum absolute atomic E-state index is 13.7. The van der Waals surface area contributed by atoms with Gasteiger partial charge in [-0.1, -0.05) is 65.8 Å². The Morgan fingerprint density at radius 2 is 1.67 bits per heavy atom. The molecule has 0 fully saturated rings. The Labute approximate surface area is 246 Å². The van der Waals surface area contributed by atoms with Crippen molar-refractivity contribution in [3.63, 3.8) is 0 Å². The molecule has 2 aromatic heterocycles. The fraction of sp³-hybridized carbons (Fsp3) is 0.200. The largest absolute Gasteiger partial charge is 0.524 e. The predicted molar refractivity (Wildman–Crippen MR) is 157 cm³/mol. The van der Waals surface area contributed by atoms with Crippen molar-refractivity contribution in [2.75, 3.05) is 0 Å². The summed E-state index contributed by atoms with van der Waals surface area (Å²) in [5.41, 5.74) is 3.51. The highest BCUT2D eigenvalue weighted by Gasteiger charge is 2.28. The molecule has 3 aromatic carbocycles. The molecule has 0 saturated carbocycles. The molecule has 2 heterocycles. The van der Waals surface area contributed by atoms with Gasteiger partial charge in [-0.15, -0.1) is 0 Å². The summed E-state index contributed by atoms with van der Waals surface area (Å²) in [6.07, 6.45) is 2.76. The number of carbonyl (C=O) groups is 2. The van der Waals surface area contributed by atoms with Gasteiger partial charge in [0.15, 0.2) is 5.82 Å². The zero-order valence-electron chi connectivity index (χ0n) is 23.1. The van der Waals surface area contributed by atoms with Gasteiger partial charge in [-0.2, -0.15) is 4.98 Å². The molecule has 2 amide bonds. The van der Waals surface area contributed by atoms with Crippen molar-refractivity contribution in [3.05, 3.63) is 113 Å². The lowest BCUT2D eigenvalue weighted by molar-refractivity contribution is -0.128. The molecule has 12 nitrogen and oxygen atoms in total. The van der Waals surface area contributed by atoms with Gasteiger partial charge in [0.25, 0.3) is 0 Å². The van der Waals surface area contributed by atoms with Crippen LogP contribution in [0.2, 0.25) is 0 Å². The van der Waals surface area contributed by atoms with Gasteiger partial charge in [-0.05, 0) is 34.9 Å². The zero-order valence-corrected chi connectivity index (χ0v) is 24.0. The molecule has 5 N–H and O–H groups in total. The molecule has 43 heavy (non-hydrogen) atoms. The first-order valence-electron chi connectivity index (χ1n) is 13.5. The Kier molecular flexibility index (Phi) is 9.01. The van der Waals surface area contributed by atoms with Crippen LogP contribution < -0.4 is 15.2 Å². The smallest absolute Gasteiger partial charge is 0.404 e. The quantitative estimate of drug-likeness (QED) is 0.133. The van der Waals surface area contributed by atoms with Gasteiger partial charge < -0.3 is 24.7 Å². The molecule has 13 heteroatoms. The number of amides is 2. The molecule has 0 bridgehead atoms. The lowest BCUT2D eigenvalue weighted by Crippen LogP contribution is -2.48. The fourth-order valence-electron chi connectivity index (χ4n) is 4.77. The topological polar surface area (TPSA) is 180 Å². The predicted octanol–water partition coefficient (Wildman–Crippen LogP) is 3.76. The highest BCUT2D eigenvalue weighted by molar-refractivity contribution is 7.46. The Hall–Kier alpha value is -4.77. The van der Waals surface area contributed by atoms with Crippen molar-refractivity contribution in [1.29, 1.82) is 0 Å². The van der Waals surface area contributed by atoms with E-state index in [2.05, 4.69) is 30.3 Å². The summed E-state index contributed by atoms with van der Waals surface area (Å²) in [6, 6.07) is 21.7. The number of nitrogens with zero attached hydrogens (tertiary/aromatic N) is 2. The summed E-state index contributed by atoms with van der Waals surface area (Å²) in [5, 5.41) is 10.8. The molecule has 5 rings (SSSR count). The first-order valence-corrected chi connectivity index (χ1v) is 15.0. The van der Waals surface area contributed by atoms with Crippen LogP contribution in [0.25, 0.3) is 10.9 Å². The molecule has 0 aliphatic carbocycles. The maximum Gasteiger partial charge on any atom is 0.524 e. The van der Waals surface area contributed by atoms with Crippen LogP contribution in [-0.2, 0) is 33.4 Å². The number of phosphoric ester groups is 1. The van der Waals surface area contributed by atoms with Crippen LogP contribution in [0.5, 0.6) is 5.75 Å². The Morgan fingerprint density at radius 3 is 2.40 bits per heavy atom. The van der Waals surface area contributed by atoms with E-state index in [1.165, 1.54) is 19.1 Å². The standard InChI is InChI=1S/C30H30N5O7P/c1-19(36)32-26(15-21-11-13-23(14-12-21)42-43(38,39)40)29(37)33-27(17-22-18-31-25-10-6-5-9-24(22)25)30-34-28(35-41-30)16-20-7-3-2-4-8-20/h2-14,18,26-27,31H,15-17H2,1H3,(H,32,36)(H,33,37)(H2,38,39,40)/t26-,27-/m0/s1. The van der Waals surface area contributed by atoms with E-state index in [1.807, 2.05) is 60.8 Å². The summed E-state index contributed by atoms with van der Waals surface area (Å²) in [7, 11) is -4.71. The number of carbonyl (C=O) groups excluding carboxylic acids is 2.